The van der Waals surface area contributed by atoms with Crippen molar-refractivity contribution in [2.75, 3.05) is 13.6 Å². The van der Waals surface area contributed by atoms with Crippen LogP contribution >= 0.6 is 11.6 Å². The summed E-state index contributed by atoms with van der Waals surface area (Å²) in [6.45, 7) is 0.0981. The van der Waals surface area contributed by atoms with E-state index in [2.05, 4.69) is 4.72 Å². The molecule has 1 fully saturated rings. The largest absolute Gasteiger partial charge is 0.343 e. The van der Waals surface area contributed by atoms with Gasteiger partial charge in [-0.2, -0.15) is 0 Å². The van der Waals surface area contributed by atoms with Crippen LogP contribution in [0.2, 0.25) is 5.02 Å². The van der Waals surface area contributed by atoms with E-state index in [0.29, 0.717) is 11.1 Å². The first-order chi connectivity index (χ1) is 10.9. The molecule has 128 valence electrons. The van der Waals surface area contributed by atoms with Gasteiger partial charge in [0.1, 0.15) is 0 Å². The van der Waals surface area contributed by atoms with Crippen molar-refractivity contribution in [3.05, 3.63) is 29.3 Å². The standard InChI is InChI=1S/C16H23ClN2O3S/c1-19(14-5-3-2-4-6-14)16(20)11-12-18-23(21,22)15-9-7-13(17)8-10-15/h7-10,14,18H,2-6,11-12H2,1H3. The molecule has 0 saturated heterocycles. The van der Waals surface area contributed by atoms with E-state index in [9.17, 15) is 13.2 Å². The van der Waals surface area contributed by atoms with Gasteiger partial charge in [-0.1, -0.05) is 30.9 Å². The first-order valence-electron chi connectivity index (χ1n) is 7.91. The molecule has 0 unspecified atom stereocenters. The van der Waals surface area contributed by atoms with Crippen molar-refractivity contribution < 1.29 is 13.2 Å². The second-order valence-corrected chi connectivity index (χ2v) is 8.10. The number of carbonyl (C=O) groups excluding carboxylic acids is 1. The smallest absolute Gasteiger partial charge is 0.240 e. The van der Waals surface area contributed by atoms with Gasteiger partial charge in [0.2, 0.25) is 15.9 Å². The SMILES string of the molecule is CN(C(=O)CCNS(=O)(=O)c1ccc(Cl)cc1)C1CCCCC1. The molecule has 1 amide bonds. The van der Waals surface area contributed by atoms with Gasteiger partial charge in [0.25, 0.3) is 0 Å². The van der Waals surface area contributed by atoms with E-state index in [-0.39, 0.29) is 23.8 Å². The number of hydrogen-bond donors (Lipinski definition) is 1. The summed E-state index contributed by atoms with van der Waals surface area (Å²) in [5.74, 6) is -0.0179. The number of halogens is 1. The summed E-state index contributed by atoms with van der Waals surface area (Å²) >= 11 is 5.75. The van der Waals surface area contributed by atoms with Gasteiger partial charge in [-0.25, -0.2) is 13.1 Å². The summed E-state index contributed by atoms with van der Waals surface area (Å²) in [5, 5.41) is 0.480. The molecule has 2 rings (SSSR count). The minimum Gasteiger partial charge on any atom is -0.343 e. The van der Waals surface area contributed by atoms with Crippen LogP contribution in [0.3, 0.4) is 0 Å². The third kappa shape index (κ3) is 5.19. The molecular weight excluding hydrogens is 336 g/mol. The molecule has 0 spiro atoms. The van der Waals surface area contributed by atoms with Gasteiger partial charge in [-0.15, -0.1) is 0 Å². The molecule has 1 aliphatic rings. The van der Waals surface area contributed by atoms with E-state index < -0.39 is 10.0 Å². The highest BCUT2D eigenvalue weighted by atomic mass is 35.5. The molecule has 0 atom stereocenters. The van der Waals surface area contributed by atoms with Crippen LogP contribution in [0.5, 0.6) is 0 Å². The van der Waals surface area contributed by atoms with Crippen LogP contribution in [-0.4, -0.2) is 38.9 Å². The Morgan fingerprint density at radius 1 is 1.22 bits per heavy atom. The molecule has 1 saturated carbocycles. The summed E-state index contributed by atoms with van der Waals surface area (Å²) in [6.07, 6.45) is 5.80. The van der Waals surface area contributed by atoms with Gasteiger partial charge >= 0.3 is 0 Å². The molecule has 1 aliphatic carbocycles. The monoisotopic (exact) mass is 358 g/mol. The summed E-state index contributed by atoms with van der Waals surface area (Å²) in [6, 6.07) is 6.24. The van der Waals surface area contributed by atoms with Crippen molar-refractivity contribution in [1.82, 2.24) is 9.62 Å². The van der Waals surface area contributed by atoms with E-state index in [1.54, 1.807) is 4.90 Å². The van der Waals surface area contributed by atoms with Gasteiger partial charge in [0.15, 0.2) is 0 Å². The number of nitrogens with zero attached hydrogens (tertiary/aromatic N) is 1. The second kappa shape index (κ2) is 8.13. The van der Waals surface area contributed by atoms with Crippen molar-refractivity contribution in [2.24, 2.45) is 0 Å². The topological polar surface area (TPSA) is 66.5 Å². The number of benzene rings is 1. The molecule has 23 heavy (non-hydrogen) atoms. The maximum atomic E-state index is 12.2. The fraction of sp³-hybridized carbons (Fsp3) is 0.562. The van der Waals surface area contributed by atoms with Crippen LogP contribution in [0, 0.1) is 0 Å². The Kier molecular flexibility index (Phi) is 6.44. The highest BCUT2D eigenvalue weighted by Crippen LogP contribution is 2.22. The first-order valence-corrected chi connectivity index (χ1v) is 9.77. The van der Waals surface area contributed by atoms with Crippen molar-refractivity contribution in [3.8, 4) is 0 Å². The molecule has 0 aromatic heterocycles. The highest BCUT2D eigenvalue weighted by Gasteiger charge is 2.22. The Morgan fingerprint density at radius 3 is 2.43 bits per heavy atom. The summed E-state index contributed by atoms with van der Waals surface area (Å²) < 4.78 is 26.7. The molecule has 0 aliphatic heterocycles. The molecule has 5 nitrogen and oxygen atoms in total. The third-order valence-electron chi connectivity index (χ3n) is 4.27. The van der Waals surface area contributed by atoms with E-state index >= 15 is 0 Å². The predicted molar refractivity (Wildman–Crippen MR) is 90.9 cm³/mol. The normalized spacial score (nSPS) is 16.3. The van der Waals surface area contributed by atoms with E-state index in [4.69, 9.17) is 11.6 Å². The Balaban J connectivity index is 1.83. The third-order valence-corrected chi connectivity index (χ3v) is 6.00. The molecule has 1 aromatic carbocycles. The number of hydrogen-bond acceptors (Lipinski definition) is 3. The average Bonchev–Trinajstić information content (AvgIpc) is 2.55. The van der Waals surface area contributed by atoms with Crippen LogP contribution in [0.1, 0.15) is 38.5 Å². The van der Waals surface area contributed by atoms with Crippen LogP contribution in [0.25, 0.3) is 0 Å². The van der Waals surface area contributed by atoms with Crippen LogP contribution in [0.15, 0.2) is 29.2 Å². The van der Waals surface area contributed by atoms with Crippen LogP contribution in [0.4, 0.5) is 0 Å². The van der Waals surface area contributed by atoms with E-state index in [0.717, 1.165) is 25.7 Å². The molecule has 7 heteroatoms. The van der Waals surface area contributed by atoms with Gasteiger partial charge in [-0.3, -0.25) is 4.79 Å². The fourth-order valence-corrected chi connectivity index (χ4v) is 4.00. The lowest BCUT2D eigenvalue weighted by Crippen LogP contribution is -2.39. The Morgan fingerprint density at radius 2 is 1.83 bits per heavy atom. The molecular formula is C16H23ClN2O3S. The molecule has 1 aromatic rings. The number of carbonyl (C=O) groups is 1. The van der Waals surface area contributed by atoms with Gasteiger partial charge in [0, 0.05) is 31.1 Å². The average molecular weight is 359 g/mol. The zero-order chi connectivity index (χ0) is 16.9. The number of nitrogens with one attached hydrogen (secondary N) is 1. The number of amides is 1. The minimum absolute atomic E-state index is 0.0179. The lowest BCUT2D eigenvalue weighted by molar-refractivity contribution is -0.132. The number of rotatable bonds is 6. The Labute approximate surface area is 143 Å². The maximum Gasteiger partial charge on any atom is 0.240 e. The Hall–Kier alpha value is -1.11. The molecule has 0 radical (unpaired) electrons. The van der Waals surface area contributed by atoms with E-state index in [1.165, 1.54) is 30.7 Å². The second-order valence-electron chi connectivity index (χ2n) is 5.90. The number of sulfonamides is 1. The summed E-state index contributed by atoms with van der Waals surface area (Å²) in [4.78, 5) is 14.1. The van der Waals surface area contributed by atoms with Crippen molar-refractivity contribution in [3.63, 3.8) is 0 Å². The van der Waals surface area contributed by atoms with Gasteiger partial charge < -0.3 is 4.90 Å². The van der Waals surface area contributed by atoms with Crippen molar-refractivity contribution in [1.29, 1.82) is 0 Å². The molecule has 0 bridgehead atoms. The van der Waals surface area contributed by atoms with E-state index in [1.807, 2.05) is 7.05 Å². The minimum atomic E-state index is -3.60. The fourth-order valence-electron chi connectivity index (χ4n) is 2.84. The van der Waals surface area contributed by atoms with Gasteiger partial charge in [-0.05, 0) is 37.1 Å². The maximum absolute atomic E-state index is 12.2. The first kappa shape index (κ1) is 18.2. The molecule has 1 N–H and O–H groups in total. The van der Waals surface area contributed by atoms with Gasteiger partial charge in [0.05, 0.1) is 4.90 Å². The lowest BCUT2D eigenvalue weighted by Gasteiger charge is -2.31. The molecule has 0 heterocycles. The zero-order valence-corrected chi connectivity index (χ0v) is 14.9. The van der Waals surface area contributed by atoms with Crippen LogP contribution < -0.4 is 4.72 Å². The lowest BCUT2D eigenvalue weighted by atomic mass is 9.94. The quantitative estimate of drug-likeness (QED) is 0.850. The van der Waals surface area contributed by atoms with Crippen molar-refractivity contribution >= 4 is 27.5 Å². The van der Waals surface area contributed by atoms with Crippen LogP contribution in [-0.2, 0) is 14.8 Å². The Bertz CT molecular complexity index is 625. The predicted octanol–water partition coefficient (Wildman–Crippen LogP) is 2.80. The summed E-state index contributed by atoms with van der Waals surface area (Å²) in [7, 11) is -1.79. The highest BCUT2D eigenvalue weighted by molar-refractivity contribution is 7.89. The van der Waals surface area contributed by atoms with Crippen molar-refractivity contribution in [2.45, 2.75) is 49.5 Å². The summed E-state index contributed by atoms with van der Waals surface area (Å²) in [5.41, 5.74) is 0. The zero-order valence-electron chi connectivity index (χ0n) is 13.3.